The van der Waals surface area contributed by atoms with E-state index < -0.39 is 0 Å². The zero-order chi connectivity index (χ0) is 15.5. The van der Waals surface area contributed by atoms with Crippen LogP contribution in [0.15, 0.2) is 40.2 Å². The minimum Gasteiger partial charge on any atom is -0.306 e. The minimum atomic E-state index is 0.246. The van der Waals surface area contributed by atoms with Crippen LogP contribution >= 0.6 is 27.3 Å². The van der Waals surface area contributed by atoms with Gasteiger partial charge in [-0.25, -0.2) is 0 Å². The number of nitrogens with one attached hydrogen (secondary N) is 1. The average Bonchev–Trinajstić information content (AvgIpc) is 2.91. The molecule has 0 aliphatic heterocycles. The van der Waals surface area contributed by atoms with Gasteiger partial charge in [-0.3, -0.25) is 0 Å². The maximum Gasteiger partial charge on any atom is 0.0682 e. The Kier molecular flexibility index (Phi) is 5.64. The van der Waals surface area contributed by atoms with Crippen molar-refractivity contribution in [1.29, 1.82) is 0 Å². The molecule has 0 amide bonds. The Balaban J connectivity index is 2.32. The summed E-state index contributed by atoms with van der Waals surface area (Å²) < 4.78 is 1.19. The number of rotatable bonds is 6. The molecule has 0 fully saturated rings. The van der Waals surface area contributed by atoms with Crippen LogP contribution in [0.1, 0.15) is 56.2 Å². The summed E-state index contributed by atoms with van der Waals surface area (Å²) in [5, 5.41) is 5.73. The molecule has 3 heteroatoms. The van der Waals surface area contributed by atoms with Crippen molar-refractivity contribution in [2.45, 2.75) is 45.6 Å². The molecule has 0 aliphatic carbocycles. The Hall–Kier alpha value is -0.640. The molecule has 0 aliphatic rings. The Labute approximate surface area is 140 Å². The zero-order valence-corrected chi connectivity index (χ0v) is 15.6. The van der Waals surface area contributed by atoms with Crippen LogP contribution in [-0.2, 0) is 5.41 Å². The molecular weight excluding hydrogens is 342 g/mol. The lowest BCUT2D eigenvalue weighted by atomic mass is 9.82. The number of hydrogen-bond donors (Lipinski definition) is 1. The van der Waals surface area contributed by atoms with Gasteiger partial charge in [0.25, 0.3) is 0 Å². The summed E-state index contributed by atoms with van der Waals surface area (Å²) >= 11 is 5.46. The van der Waals surface area contributed by atoms with E-state index in [1.807, 2.05) is 0 Å². The van der Waals surface area contributed by atoms with Gasteiger partial charge in [0, 0.05) is 9.35 Å². The van der Waals surface area contributed by atoms with Crippen LogP contribution in [0.25, 0.3) is 0 Å². The van der Waals surface area contributed by atoms with Gasteiger partial charge in [-0.15, -0.1) is 11.3 Å². The fraction of sp³-hybridized carbons (Fsp3) is 0.444. The third kappa shape index (κ3) is 3.77. The van der Waals surface area contributed by atoms with E-state index in [1.165, 1.54) is 20.5 Å². The lowest BCUT2D eigenvalue weighted by Gasteiger charge is -2.24. The second-order valence-electron chi connectivity index (χ2n) is 5.98. The highest BCUT2D eigenvalue weighted by Gasteiger charge is 2.20. The van der Waals surface area contributed by atoms with Gasteiger partial charge in [-0.2, -0.15) is 0 Å². The standard InChI is InChI=1S/C18H24BrNS/c1-5-18(3,4)14-9-7-13(8-10-14)16(20-6-2)17-15(19)11-12-21-17/h7-12,16,20H,5-6H2,1-4H3. The highest BCUT2D eigenvalue weighted by atomic mass is 79.9. The Morgan fingerprint density at radius 1 is 1.14 bits per heavy atom. The molecule has 114 valence electrons. The number of halogens is 1. The number of benzene rings is 1. The third-order valence-corrected chi connectivity index (χ3v) is 6.16. The summed E-state index contributed by atoms with van der Waals surface area (Å²) in [5.74, 6) is 0. The molecule has 21 heavy (non-hydrogen) atoms. The molecule has 0 radical (unpaired) electrons. The Morgan fingerprint density at radius 2 is 1.81 bits per heavy atom. The van der Waals surface area contributed by atoms with Gasteiger partial charge < -0.3 is 5.32 Å². The molecule has 1 heterocycles. The van der Waals surface area contributed by atoms with Crippen molar-refractivity contribution in [1.82, 2.24) is 5.32 Å². The lowest BCUT2D eigenvalue weighted by molar-refractivity contribution is 0.506. The largest absolute Gasteiger partial charge is 0.306 e. The monoisotopic (exact) mass is 365 g/mol. The Bertz CT molecular complexity index is 571. The topological polar surface area (TPSA) is 12.0 Å². The average molecular weight is 366 g/mol. The van der Waals surface area contributed by atoms with E-state index in [9.17, 15) is 0 Å². The van der Waals surface area contributed by atoms with Crippen LogP contribution in [0.2, 0.25) is 0 Å². The molecular formula is C18H24BrNS. The summed E-state index contributed by atoms with van der Waals surface area (Å²) in [5.41, 5.74) is 2.99. The van der Waals surface area contributed by atoms with Crippen LogP contribution in [0.4, 0.5) is 0 Å². The minimum absolute atomic E-state index is 0.246. The molecule has 1 atom stereocenters. The maximum absolute atomic E-state index is 3.66. The zero-order valence-electron chi connectivity index (χ0n) is 13.2. The first-order chi connectivity index (χ1) is 9.99. The van der Waals surface area contributed by atoms with Crippen LogP contribution in [0, 0.1) is 0 Å². The predicted octanol–water partition coefficient (Wildman–Crippen LogP) is 5.90. The van der Waals surface area contributed by atoms with Gasteiger partial charge in [0.2, 0.25) is 0 Å². The highest BCUT2D eigenvalue weighted by molar-refractivity contribution is 9.10. The molecule has 0 saturated heterocycles. The molecule has 1 nitrogen and oxygen atoms in total. The van der Waals surface area contributed by atoms with Gasteiger partial charge in [-0.1, -0.05) is 52.0 Å². The number of thiophene rings is 1. The molecule has 1 unspecified atom stereocenters. The van der Waals surface area contributed by atoms with Gasteiger partial charge in [0.1, 0.15) is 0 Å². The summed E-state index contributed by atoms with van der Waals surface area (Å²) in [6.45, 7) is 9.97. The summed E-state index contributed by atoms with van der Waals surface area (Å²) in [6, 6.07) is 11.5. The summed E-state index contributed by atoms with van der Waals surface area (Å²) in [6.07, 6.45) is 1.15. The molecule has 1 aromatic heterocycles. The van der Waals surface area contributed by atoms with E-state index >= 15 is 0 Å². The van der Waals surface area contributed by atoms with Crippen LogP contribution in [-0.4, -0.2) is 6.54 Å². The fourth-order valence-corrected chi connectivity index (χ4v) is 4.11. The van der Waals surface area contributed by atoms with Gasteiger partial charge >= 0.3 is 0 Å². The summed E-state index contributed by atoms with van der Waals surface area (Å²) in [4.78, 5) is 1.35. The van der Waals surface area contributed by atoms with E-state index in [4.69, 9.17) is 0 Å². The second kappa shape index (κ2) is 7.08. The van der Waals surface area contributed by atoms with Crippen molar-refractivity contribution in [2.75, 3.05) is 6.54 Å². The first kappa shape index (κ1) is 16.7. The van der Waals surface area contributed by atoms with E-state index in [2.05, 4.69) is 84.7 Å². The predicted molar refractivity (Wildman–Crippen MR) is 97.3 cm³/mol. The highest BCUT2D eigenvalue weighted by Crippen LogP contribution is 2.34. The van der Waals surface area contributed by atoms with Gasteiger partial charge in [-0.05, 0) is 56.9 Å². The second-order valence-corrected chi connectivity index (χ2v) is 7.78. The van der Waals surface area contributed by atoms with Gasteiger partial charge in [0.05, 0.1) is 6.04 Å². The van der Waals surface area contributed by atoms with Crippen molar-refractivity contribution in [3.8, 4) is 0 Å². The quantitative estimate of drug-likeness (QED) is 0.671. The number of hydrogen-bond acceptors (Lipinski definition) is 2. The maximum atomic E-state index is 3.66. The van der Waals surface area contributed by atoms with Crippen LogP contribution < -0.4 is 5.32 Å². The normalized spacial score (nSPS) is 13.4. The summed E-state index contributed by atoms with van der Waals surface area (Å²) in [7, 11) is 0. The molecule has 0 spiro atoms. The van der Waals surface area contributed by atoms with E-state index in [0.717, 1.165) is 13.0 Å². The van der Waals surface area contributed by atoms with Crippen molar-refractivity contribution >= 4 is 27.3 Å². The fourth-order valence-electron chi connectivity index (χ4n) is 2.41. The first-order valence-electron chi connectivity index (χ1n) is 7.56. The molecule has 1 N–H and O–H groups in total. The molecule has 1 aromatic carbocycles. The first-order valence-corrected chi connectivity index (χ1v) is 9.23. The van der Waals surface area contributed by atoms with Crippen molar-refractivity contribution in [3.63, 3.8) is 0 Å². The van der Waals surface area contributed by atoms with E-state index in [-0.39, 0.29) is 11.5 Å². The van der Waals surface area contributed by atoms with E-state index in [1.54, 1.807) is 11.3 Å². The van der Waals surface area contributed by atoms with Crippen LogP contribution in [0.5, 0.6) is 0 Å². The molecule has 2 rings (SSSR count). The molecule has 2 aromatic rings. The third-order valence-electron chi connectivity index (χ3n) is 4.22. The lowest BCUT2D eigenvalue weighted by Crippen LogP contribution is -2.22. The smallest absolute Gasteiger partial charge is 0.0682 e. The Morgan fingerprint density at radius 3 is 2.29 bits per heavy atom. The van der Waals surface area contributed by atoms with Crippen LogP contribution in [0.3, 0.4) is 0 Å². The molecule has 0 bridgehead atoms. The van der Waals surface area contributed by atoms with E-state index in [0.29, 0.717) is 0 Å². The van der Waals surface area contributed by atoms with Crippen molar-refractivity contribution < 1.29 is 0 Å². The SMILES string of the molecule is CCNC(c1ccc(C(C)(C)CC)cc1)c1sccc1Br. The van der Waals surface area contributed by atoms with Crippen molar-refractivity contribution in [3.05, 3.63) is 56.2 Å². The van der Waals surface area contributed by atoms with Crippen molar-refractivity contribution in [2.24, 2.45) is 0 Å². The molecule has 0 saturated carbocycles. The van der Waals surface area contributed by atoms with Gasteiger partial charge in [0.15, 0.2) is 0 Å².